The van der Waals surface area contributed by atoms with Crippen molar-refractivity contribution in [2.45, 2.75) is 25.2 Å². The van der Waals surface area contributed by atoms with E-state index in [1.165, 1.54) is 33.6 Å². The van der Waals surface area contributed by atoms with Crippen LogP contribution in [-0.2, 0) is 4.79 Å². The zero-order valence-electron chi connectivity index (χ0n) is 22.9. The molecule has 1 heterocycles. The first-order valence-corrected chi connectivity index (χ1v) is 14.8. The van der Waals surface area contributed by atoms with Crippen LogP contribution in [0.15, 0.2) is 102 Å². The van der Waals surface area contributed by atoms with Crippen molar-refractivity contribution in [1.82, 2.24) is 4.98 Å². The van der Waals surface area contributed by atoms with Crippen molar-refractivity contribution in [3.05, 3.63) is 136 Å². The van der Waals surface area contributed by atoms with Gasteiger partial charge in [-0.25, -0.2) is 4.98 Å². The zero-order chi connectivity index (χ0) is 28.8. The van der Waals surface area contributed by atoms with E-state index in [0.29, 0.717) is 27.6 Å². The summed E-state index contributed by atoms with van der Waals surface area (Å²) in [6.45, 7) is 2.09. The van der Waals surface area contributed by atoms with Gasteiger partial charge in [0.15, 0.2) is 5.13 Å². The summed E-state index contributed by atoms with van der Waals surface area (Å²) in [5.74, 6) is 2.48. The van der Waals surface area contributed by atoms with Crippen LogP contribution < -0.4 is 10.6 Å². The predicted octanol–water partition coefficient (Wildman–Crippen LogP) is 7.67. The molecule has 0 aliphatic heterocycles. The summed E-state index contributed by atoms with van der Waals surface area (Å²) in [6, 6.07) is 31.5. The van der Waals surface area contributed by atoms with E-state index in [0.717, 1.165) is 12.0 Å². The van der Waals surface area contributed by atoms with Crippen LogP contribution in [0.1, 0.15) is 63.4 Å². The molecule has 0 spiro atoms. The number of rotatable bonds is 5. The molecule has 0 fully saturated rings. The van der Waals surface area contributed by atoms with Crippen molar-refractivity contribution in [2.75, 3.05) is 10.6 Å². The molecule has 5 nitrogen and oxygen atoms in total. The van der Waals surface area contributed by atoms with Gasteiger partial charge in [-0.05, 0) is 65.9 Å². The molecule has 0 saturated heterocycles. The van der Waals surface area contributed by atoms with Crippen LogP contribution in [-0.4, -0.2) is 16.8 Å². The topological polar surface area (TPSA) is 71.1 Å². The van der Waals surface area contributed by atoms with Crippen molar-refractivity contribution in [1.29, 1.82) is 0 Å². The average Bonchev–Trinajstić information content (AvgIpc) is 3.50. The first-order valence-electron chi connectivity index (χ1n) is 13.9. The molecule has 204 valence electrons. The number of carbonyl (C=O) groups excluding carboxylic acids is 2. The maximum absolute atomic E-state index is 14.0. The van der Waals surface area contributed by atoms with Crippen LogP contribution in [0.3, 0.4) is 0 Å². The number of thiazole rings is 1. The van der Waals surface area contributed by atoms with Crippen molar-refractivity contribution in [3.63, 3.8) is 0 Å². The normalized spacial score (nSPS) is 19.7. The van der Waals surface area contributed by atoms with Crippen LogP contribution in [0.4, 0.5) is 10.8 Å². The lowest BCUT2D eigenvalue weighted by Gasteiger charge is -2.50. The van der Waals surface area contributed by atoms with Crippen molar-refractivity contribution in [2.24, 2.45) is 5.41 Å². The van der Waals surface area contributed by atoms with E-state index in [9.17, 15) is 9.59 Å². The van der Waals surface area contributed by atoms with Crippen molar-refractivity contribution in [3.8, 4) is 23.6 Å². The number of hydrogen-bond donors (Lipinski definition) is 2. The monoisotopic (exact) mass is 565 g/mol. The van der Waals surface area contributed by atoms with Gasteiger partial charge in [0.25, 0.3) is 5.91 Å². The lowest BCUT2D eigenvalue weighted by atomic mass is 9.52. The van der Waals surface area contributed by atoms with E-state index in [-0.39, 0.29) is 23.7 Å². The Morgan fingerprint density at radius 3 is 2.29 bits per heavy atom. The minimum absolute atomic E-state index is 0.0224. The molecule has 1 atom stereocenters. The number of nitrogens with one attached hydrogen (secondary N) is 2. The van der Waals surface area contributed by atoms with Crippen molar-refractivity contribution < 1.29 is 9.59 Å². The van der Waals surface area contributed by atoms with Crippen LogP contribution in [0.25, 0.3) is 11.3 Å². The smallest absolute Gasteiger partial charge is 0.255 e. The fraction of sp³-hybridized carbons (Fsp3) is 0.139. The van der Waals surface area contributed by atoms with Gasteiger partial charge in [-0.2, -0.15) is 0 Å². The molecule has 2 amide bonds. The Hall–Kier alpha value is -4.99. The fourth-order valence-electron chi connectivity index (χ4n) is 6.60. The summed E-state index contributed by atoms with van der Waals surface area (Å²) in [5, 5.41) is 8.49. The molecule has 42 heavy (non-hydrogen) atoms. The molecule has 0 radical (unpaired) electrons. The van der Waals surface area contributed by atoms with Gasteiger partial charge in [0.2, 0.25) is 5.91 Å². The summed E-state index contributed by atoms with van der Waals surface area (Å²) >= 11 is 1.39. The number of carbonyl (C=O) groups is 2. The summed E-state index contributed by atoms with van der Waals surface area (Å²) in [6.07, 6.45) is 6.23. The number of benzene rings is 4. The molecule has 3 aliphatic carbocycles. The number of hydrogen-bond acceptors (Lipinski definition) is 4. The molecule has 1 unspecified atom stereocenters. The van der Waals surface area contributed by atoms with Crippen molar-refractivity contribution >= 4 is 34.0 Å². The second-order valence-corrected chi connectivity index (χ2v) is 12.0. The molecule has 3 aliphatic rings. The van der Waals surface area contributed by atoms with Crippen LogP contribution >= 0.6 is 11.3 Å². The Labute approximate surface area is 248 Å². The zero-order valence-corrected chi connectivity index (χ0v) is 23.7. The first kappa shape index (κ1) is 25.9. The largest absolute Gasteiger partial charge is 0.322 e. The highest BCUT2D eigenvalue weighted by Crippen LogP contribution is 2.61. The third-order valence-electron chi connectivity index (χ3n) is 8.58. The number of aromatic nitrogens is 1. The number of nitrogens with zero attached hydrogens (tertiary/aromatic N) is 1. The Bertz CT molecular complexity index is 1870. The molecular formula is C36H27N3O2S. The number of fused-ring (bicyclic) bond motifs is 1. The van der Waals surface area contributed by atoms with Gasteiger partial charge in [0, 0.05) is 39.6 Å². The van der Waals surface area contributed by atoms with E-state index >= 15 is 0 Å². The number of terminal acetylenes is 1. The Balaban J connectivity index is 1.12. The summed E-state index contributed by atoms with van der Waals surface area (Å²) in [7, 11) is 0. The third-order valence-corrected chi connectivity index (χ3v) is 9.34. The van der Waals surface area contributed by atoms with Gasteiger partial charge in [-0.3, -0.25) is 9.59 Å². The Morgan fingerprint density at radius 1 is 0.881 bits per heavy atom. The maximum atomic E-state index is 14.0. The molecular weight excluding hydrogens is 538 g/mol. The van der Waals surface area contributed by atoms with Crippen LogP contribution in [0.5, 0.6) is 0 Å². The van der Waals surface area contributed by atoms with Crippen LogP contribution in [0, 0.1) is 17.8 Å². The second-order valence-electron chi connectivity index (χ2n) is 11.1. The van der Waals surface area contributed by atoms with Gasteiger partial charge >= 0.3 is 0 Å². The lowest BCUT2D eigenvalue weighted by Crippen LogP contribution is -2.47. The molecule has 4 aromatic carbocycles. The molecule has 6 heteroatoms. The number of anilines is 2. The quantitative estimate of drug-likeness (QED) is 0.215. The standard InChI is InChI=1S/C36H27N3O2S/c1-3-22-10-8-13-25(18-22)37-33(40)24-12-9-11-23(19-24)31-21-42-35(38-31)39-34(41)36(2)20-30-26-14-4-6-16-28(26)32(36)29-17-7-5-15-27(29)30/h1,4-19,21,30,32H,20H2,2H3,(H,37,40)(H,38,39,41). The highest BCUT2D eigenvalue weighted by Gasteiger charge is 2.54. The summed E-state index contributed by atoms with van der Waals surface area (Å²) < 4.78 is 0. The SMILES string of the molecule is C#Cc1cccc(NC(=O)c2cccc(-c3csc(NC(=O)C4(C)CC5c6ccccc6C4c4ccccc45)n3)c2)c1. The minimum Gasteiger partial charge on any atom is -0.322 e. The molecule has 1 aromatic heterocycles. The Kier molecular flexibility index (Phi) is 6.26. The van der Waals surface area contributed by atoms with Gasteiger partial charge in [0.1, 0.15) is 0 Å². The van der Waals surface area contributed by atoms with Gasteiger partial charge < -0.3 is 10.6 Å². The van der Waals surface area contributed by atoms with Gasteiger partial charge in [0.05, 0.1) is 11.1 Å². The minimum atomic E-state index is -0.617. The van der Waals surface area contributed by atoms with E-state index in [1.54, 1.807) is 24.3 Å². The predicted molar refractivity (Wildman–Crippen MR) is 168 cm³/mol. The van der Waals surface area contributed by atoms with E-state index < -0.39 is 5.41 Å². The first-order chi connectivity index (χ1) is 20.4. The number of amides is 2. The van der Waals surface area contributed by atoms with Crippen LogP contribution in [0.2, 0.25) is 0 Å². The molecule has 2 bridgehead atoms. The molecule has 2 N–H and O–H groups in total. The summed E-state index contributed by atoms with van der Waals surface area (Å²) in [4.78, 5) is 31.7. The van der Waals surface area contributed by atoms with E-state index in [2.05, 4.69) is 72.0 Å². The fourth-order valence-corrected chi connectivity index (χ4v) is 7.32. The molecule has 0 saturated carbocycles. The van der Waals surface area contributed by atoms with E-state index in [4.69, 9.17) is 11.4 Å². The van der Waals surface area contributed by atoms with E-state index in [1.807, 2.05) is 29.6 Å². The van der Waals surface area contributed by atoms with Gasteiger partial charge in [-0.15, -0.1) is 17.8 Å². The molecule has 8 rings (SSSR count). The molecule has 5 aromatic rings. The van der Waals surface area contributed by atoms with Gasteiger partial charge in [-0.1, -0.05) is 72.7 Å². The average molecular weight is 566 g/mol. The maximum Gasteiger partial charge on any atom is 0.255 e. The summed E-state index contributed by atoms with van der Waals surface area (Å²) in [5.41, 5.74) is 7.85. The lowest BCUT2D eigenvalue weighted by molar-refractivity contribution is -0.126. The Morgan fingerprint density at radius 2 is 1.57 bits per heavy atom. The highest BCUT2D eigenvalue weighted by atomic mass is 32.1. The second kappa shape index (κ2) is 10.1. The highest BCUT2D eigenvalue weighted by molar-refractivity contribution is 7.14. The third kappa shape index (κ3) is 4.30.